The van der Waals surface area contributed by atoms with Gasteiger partial charge in [0.15, 0.2) is 0 Å². The summed E-state index contributed by atoms with van der Waals surface area (Å²) in [5.74, 6) is -0.549. The number of hydrogen-bond acceptors (Lipinski definition) is 4. The van der Waals surface area contributed by atoms with Crippen molar-refractivity contribution >= 4 is 12.4 Å². The van der Waals surface area contributed by atoms with E-state index in [1.54, 1.807) is 0 Å². The minimum atomic E-state index is -0.644. The summed E-state index contributed by atoms with van der Waals surface area (Å²) in [6.45, 7) is 7.62. The number of halogens is 3. The summed E-state index contributed by atoms with van der Waals surface area (Å²) < 4.78 is 32.1. The molecular formula is C21H26ClF2N3O. The average molecular weight is 410 g/mol. The molecule has 0 radical (unpaired) electrons. The molecule has 4 nitrogen and oxygen atoms in total. The highest BCUT2D eigenvalue weighted by Gasteiger charge is 2.28. The molecule has 2 aromatic carbocycles. The Labute approximate surface area is 170 Å². The number of nitrogens with one attached hydrogen (secondary N) is 1. The zero-order valence-corrected chi connectivity index (χ0v) is 16.6. The van der Waals surface area contributed by atoms with Gasteiger partial charge in [0.05, 0.1) is 0 Å². The summed E-state index contributed by atoms with van der Waals surface area (Å²) in [5, 5.41) is 3.41. The zero-order valence-electron chi connectivity index (χ0n) is 15.7. The lowest BCUT2D eigenvalue weighted by atomic mass is 10.2. The zero-order chi connectivity index (χ0) is 18.6. The molecule has 152 valence electrons. The monoisotopic (exact) mass is 409 g/mol. The SMILES string of the molecule is Cl.Fc1cc(F)cc(Oc2ccc(CN3CCC(N4CCNCC4)C3)cc2)c1. The Morgan fingerprint density at radius 1 is 0.929 bits per heavy atom. The Balaban J connectivity index is 0.00000225. The van der Waals surface area contributed by atoms with Crippen LogP contribution in [0.25, 0.3) is 0 Å². The third-order valence-electron chi connectivity index (χ3n) is 5.32. The second kappa shape index (κ2) is 9.65. The molecule has 28 heavy (non-hydrogen) atoms. The maximum absolute atomic E-state index is 13.3. The van der Waals surface area contributed by atoms with E-state index in [9.17, 15) is 8.78 Å². The molecule has 1 unspecified atom stereocenters. The Hall–Kier alpha value is -1.73. The van der Waals surface area contributed by atoms with Crippen molar-refractivity contribution < 1.29 is 13.5 Å². The molecule has 0 bridgehead atoms. The molecular weight excluding hydrogens is 384 g/mol. The van der Waals surface area contributed by atoms with Gasteiger partial charge in [0.25, 0.3) is 0 Å². The van der Waals surface area contributed by atoms with Gasteiger partial charge in [-0.15, -0.1) is 12.4 Å². The highest BCUT2D eigenvalue weighted by Crippen LogP contribution is 2.25. The molecule has 0 amide bonds. The first-order valence-corrected chi connectivity index (χ1v) is 9.56. The van der Waals surface area contributed by atoms with Gasteiger partial charge < -0.3 is 10.1 Å². The lowest BCUT2D eigenvalue weighted by Crippen LogP contribution is -2.49. The first-order chi connectivity index (χ1) is 13.2. The predicted molar refractivity (Wildman–Crippen MR) is 108 cm³/mol. The van der Waals surface area contributed by atoms with Gasteiger partial charge in [-0.2, -0.15) is 0 Å². The van der Waals surface area contributed by atoms with Crippen LogP contribution in [-0.4, -0.2) is 55.1 Å². The lowest BCUT2D eigenvalue weighted by molar-refractivity contribution is 0.170. The molecule has 0 aromatic heterocycles. The molecule has 0 spiro atoms. The van der Waals surface area contributed by atoms with Crippen LogP contribution in [0.1, 0.15) is 12.0 Å². The van der Waals surface area contributed by atoms with Crippen LogP contribution in [0.15, 0.2) is 42.5 Å². The van der Waals surface area contributed by atoms with E-state index in [1.165, 1.54) is 24.1 Å². The number of piperazine rings is 1. The minimum absolute atomic E-state index is 0. The van der Waals surface area contributed by atoms with E-state index in [-0.39, 0.29) is 18.2 Å². The van der Waals surface area contributed by atoms with Gasteiger partial charge in [-0.3, -0.25) is 9.80 Å². The van der Waals surface area contributed by atoms with Gasteiger partial charge in [-0.1, -0.05) is 12.1 Å². The molecule has 0 aliphatic carbocycles. The van der Waals surface area contributed by atoms with Crippen molar-refractivity contribution in [3.8, 4) is 11.5 Å². The maximum Gasteiger partial charge on any atom is 0.133 e. The third kappa shape index (κ3) is 5.41. The van der Waals surface area contributed by atoms with E-state index in [1.807, 2.05) is 24.3 Å². The molecule has 7 heteroatoms. The molecule has 1 atom stereocenters. The van der Waals surface area contributed by atoms with E-state index in [2.05, 4.69) is 15.1 Å². The van der Waals surface area contributed by atoms with Crippen LogP contribution in [0, 0.1) is 11.6 Å². The fourth-order valence-corrected chi connectivity index (χ4v) is 3.95. The van der Waals surface area contributed by atoms with Crippen LogP contribution >= 0.6 is 12.4 Å². The molecule has 2 aliphatic heterocycles. The van der Waals surface area contributed by atoms with Crippen LogP contribution in [0.2, 0.25) is 0 Å². The highest BCUT2D eigenvalue weighted by molar-refractivity contribution is 5.85. The number of benzene rings is 2. The van der Waals surface area contributed by atoms with Crippen LogP contribution in [0.3, 0.4) is 0 Å². The molecule has 0 saturated carbocycles. The van der Waals surface area contributed by atoms with Crippen LogP contribution in [0.5, 0.6) is 11.5 Å². The standard InChI is InChI=1S/C21H25F2N3O.ClH/c22-17-11-18(23)13-21(12-17)27-20-3-1-16(2-4-20)14-25-8-5-19(15-25)26-9-6-24-7-10-26;/h1-4,11-13,19,24H,5-10,14-15H2;1H. The molecule has 2 fully saturated rings. The van der Waals surface area contributed by atoms with Crippen molar-refractivity contribution in [2.75, 3.05) is 39.3 Å². The molecule has 2 heterocycles. The third-order valence-corrected chi connectivity index (χ3v) is 5.32. The van der Waals surface area contributed by atoms with E-state index in [0.29, 0.717) is 11.8 Å². The fraction of sp³-hybridized carbons (Fsp3) is 0.429. The Morgan fingerprint density at radius 2 is 1.61 bits per heavy atom. The second-order valence-electron chi connectivity index (χ2n) is 7.31. The van der Waals surface area contributed by atoms with Gasteiger partial charge in [-0.25, -0.2) is 8.78 Å². The van der Waals surface area contributed by atoms with Crippen molar-refractivity contribution in [2.24, 2.45) is 0 Å². The molecule has 2 aromatic rings. The van der Waals surface area contributed by atoms with Crippen molar-refractivity contribution in [2.45, 2.75) is 19.0 Å². The molecule has 2 saturated heterocycles. The van der Waals surface area contributed by atoms with Crippen LogP contribution in [0.4, 0.5) is 8.78 Å². The van der Waals surface area contributed by atoms with Crippen molar-refractivity contribution in [1.29, 1.82) is 0 Å². The van der Waals surface area contributed by atoms with Crippen LogP contribution < -0.4 is 10.1 Å². The van der Waals surface area contributed by atoms with E-state index < -0.39 is 11.6 Å². The number of likely N-dealkylation sites (tertiary alicyclic amines) is 1. The summed E-state index contributed by atoms with van der Waals surface area (Å²) >= 11 is 0. The fourth-order valence-electron chi connectivity index (χ4n) is 3.95. The summed E-state index contributed by atoms with van der Waals surface area (Å²) in [6, 6.07) is 11.6. The largest absolute Gasteiger partial charge is 0.457 e. The normalized spacial score (nSPS) is 20.7. The first kappa shape index (κ1) is 21.0. The van der Waals surface area contributed by atoms with Crippen molar-refractivity contribution in [1.82, 2.24) is 15.1 Å². The van der Waals surface area contributed by atoms with E-state index in [0.717, 1.165) is 51.9 Å². The number of nitrogens with zero attached hydrogens (tertiary/aromatic N) is 2. The number of hydrogen-bond donors (Lipinski definition) is 1. The van der Waals surface area contributed by atoms with E-state index in [4.69, 9.17) is 4.74 Å². The first-order valence-electron chi connectivity index (χ1n) is 9.56. The quantitative estimate of drug-likeness (QED) is 0.815. The Bertz CT molecular complexity index is 748. The summed E-state index contributed by atoms with van der Waals surface area (Å²) in [4.78, 5) is 5.09. The average Bonchev–Trinajstić information content (AvgIpc) is 3.12. The Kier molecular flexibility index (Phi) is 7.24. The smallest absolute Gasteiger partial charge is 0.133 e. The minimum Gasteiger partial charge on any atom is -0.457 e. The predicted octanol–water partition coefficient (Wildman–Crippen LogP) is 3.66. The topological polar surface area (TPSA) is 27.7 Å². The maximum atomic E-state index is 13.3. The van der Waals surface area contributed by atoms with Gasteiger partial charge in [0, 0.05) is 70.1 Å². The molecule has 1 N–H and O–H groups in total. The highest BCUT2D eigenvalue weighted by atomic mass is 35.5. The van der Waals surface area contributed by atoms with Gasteiger partial charge in [-0.05, 0) is 24.1 Å². The van der Waals surface area contributed by atoms with Crippen molar-refractivity contribution in [3.05, 3.63) is 59.7 Å². The summed E-state index contributed by atoms with van der Waals surface area (Å²) in [7, 11) is 0. The number of ether oxygens (including phenoxy) is 1. The van der Waals surface area contributed by atoms with Crippen molar-refractivity contribution in [3.63, 3.8) is 0 Å². The molecule has 4 rings (SSSR count). The number of rotatable bonds is 5. The van der Waals surface area contributed by atoms with Crippen LogP contribution in [-0.2, 0) is 6.54 Å². The van der Waals surface area contributed by atoms with Gasteiger partial charge >= 0.3 is 0 Å². The summed E-state index contributed by atoms with van der Waals surface area (Å²) in [6.07, 6.45) is 1.23. The van der Waals surface area contributed by atoms with Gasteiger partial charge in [0.1, 0.15) is 23.1 Å². The Morgan fingerprint density at radius 3 is 2.29 bits per heavy atom. The summed E-state index contributed by atoms with van der Waals surface area (Å²) in [5.41, 5.74) is 1.22. The second-order valence-corrected chi connectivity index (χ2v) is 7.31. The molecule has 2 aliphatic rings. The lowest BCUT2D eigenvalue weighted by Gasteiger charge is -2.32. The van der Waals surface area contributed by atoms with E-state index >= 15 is 0 Å². The van der Waals surface area contributed by atoms with Gasteiger partial charge in [0.2, 0.25) is 0 Å².